The van der Waals surface area contributed by atoms with E-state index in [-0.39, 0.29) is 11.5 Å². The van der Waals surface area contributed by atoms with Gasteiger partial charge in [-0.1, -0.05) is 17.7 Å². The van der Waals surface area contributed by atoms with Gasteiger partial charge in [0.05, 0.1) is 22.2 Å². The Balaban J connectivity index is 1.78. The van der Waals surface area contributed by atoms with Crippen LogP contribution in [0.3, 0.4) is 0 Å². The standard InChI is InChI=1S/C26H27IN2O7S/c1-6-35-19-10-17(9-18(27)24(19)36-13-22(31)34-5)11-20-25(32)29(26(33)37-20)12-21(30)28-23-15(3)7-14(2)8-16(23)4/h7-11H,6,12-13H2,1-5H3,(H,28,30)/b20-11+. The van der Waals surface area contributed by atoms with Crippen molar-refractivity contribution in [1.82, 2.24) is 4.90 Å². The number of nitrogens with one attached hydrogen (secondary N) is 1. The molecule has 2 aromatic rings. The second-order valence-electron chi connectivity index (χ2n) is 8.22. The van der Waals surface area contributed by atoms with Gasteiger partial charge in [-0.15, -0.1) is 0 Å². The minimum atomic E-state index is -0.554. The molecule has 0 saturated carbocycles. The minimum absolute atomic E-state index is 0.182. The molecule has 1 N–H and O–H groups in total. The fraction of sp³-hybridized carbons (Fsp3) is 0.308. The van der Waals surface area contributed by atoms with E-state index in [1.54, 1.807) is 25.1 Å². The lowest BCUT2D eigenvalue weighted by Crippen LogP contribution is -2.36. The summed E-state index contributed by atoms with van der Waals surface area (Å²) in [4.78, 5) is 50.8. The number of ether oxygens (including phenoxy) is 3. The molecule has 0 bridgehead atoms. The fourth-order valence-electron chi connectivity index (χ4n) is 3.75. The van der Waals surface area contributed by atoms with Crippen LogP contribution in [0.2, 0.25) is 0 Å². The number of carbonyl (C=O) groups excluding carboxylic acids is 4. The number of thioether (sulfide) groups is 1. The van der Waals surface area contributed by atoms with Gasteiger partial charge in [0.25, 0.3) is 11.1 Å². The maximum atomic E-state index is 13.0. The van der Waals surface area contributed by atoms with E-state index in [0.717, 1.165) is 33.4 Å². The van der Waals surface area contributed by atoms with Crippen LogP contribution in [0.1, 0.15) is 29.2 Å². The van der Waals surface area contributed by atoms with Crippen LogP contribution >= 0.6 is 34.4 Å². The highest BCUT2D eigenvalue weighted by molar-refractivity contribution is 14.1. The molecule has 37 heavy (non-hydrogen) atoms. The van der Waals surface area contributed by atoms with Crippen LogP contribution in [0.25, 0.3) is 6.08 Å². The van der Waals surface area contributed by atoms with Crippen molar-refractivity contribution < 1.29 is 33.4 Å². The summed E-state index contributed by atoms with van der Waals surface area (Å²) in [5, 5.41) is 2.29. The van der Waals surface area contributed by atoms with Gasteiger partial charge in [-0.05, 0) is 96.9 Å². The molecule has 0 atom stereocenters. The van der Waals surface area contributed by atoms with E-state index in [4.69, 9.17) is 9.47 Å². The smallest absolute Gasteiger partial charge is 0.343 e. The van der Waals surface area contributed by atoms with Gasteiger partial charge in [-0.2, -0.15) is 0 Å². The Morgan fingerprint density at radius 2 is 1.76 bits per heavy atom. The quantitative estimate of drug-likeness (QED) is 0.236. The SMILES string of the molecule is CCOc1cc(/C=C2/SC(=O)N(CC(=O)Nc3c(C)cc(C)cc3C)C2=O)cc(I)c1OCC(=O)OC. The zero-order chi connectivity index (χ0) is 27.3. The van der Waals surface area contributed by atoms with Crippen molar-refractivity contribution in [3.63, 3.8) is 0 Å². The van der Waals surface area contributed by atoms with Crippen molar-refractivity contribution in [3.8, 4) is 11.5 Å². The van der Waals surface area contributed by atoms with Gasteiger partial charge in [0.2, 0.25) is 5.91 Å². The van der Waals surface area contributed by atoms with E-state index in [1.807, 2.05) is 55.5 Å². The molecule has 3 amide bonds. The van der Waals surface area contributed by atoms with Crippen LogP contribution in [0.5, 0.6) is 11.5 Å². The van der Waals surface area contributed by atoms with Gasteiger partial charge >= 0.3 is 5.97 Å². The van der Waals surface area contributed by atoms with Gasteiger partial charge in [0.15, 0.2) is 18.1 Å². The highest BCUT2D eigenvalue weighted by Gasteiger charge is 2.36. The summed E-state index contributed by atoms with van der Waals surface area (Å²) >= 11 is 2.80. The number of hydrogen-bond donors (Lipinski definition) is 1. The Morgan fingerprint density at radius 1 is 1.08 bits per heavy atom. The molecule has 11 heteroatoms. The van der Waals surface area contributed by atoms with Crippen LogP contribution in [0.4, 0.5) is 10.5 Å². The van der Waals surface area contributed by atoms with Gasteiger partial charge in [-0.25, -0.2) is 4.79 Å². The maximum absolute atomic E-state index is 13.0. The third-order valence-electron chi connectivity index (χ3n) is 5.31. The fourth-order valence-corrected chi connectivity index (χ4v) is 5.37. The lowest BCUT2D eigenvalue weighted by atomic mass is 10.1. The molecule has 0 aliphatic carbocycles. The number of rotatable bonds is 9. The van der Waals surface area contributed by atoms with E-state index in [1.165, 1.54) is 7.11 Å². The number of imide groups is 1. The third-order valence-corrected chi connectivity index (χ3v) is 7.02. The third kappa shape index (κ3) is 7.04. The molecular formula is C26H27IN2O7S. The maximum Gasteiger partial charge on any atom is 0.343 e. The molecule has 0 spiro atoms. The number of hydrogen-bond acceptors (Lipinski definition) is 8. The van der Waals surface area contributed by atoms with Crippen LogP contribution in [-0.2, 0) is 19.1 Å². The summed E-state index contributed by atoms with van der Waals surface area (Å²) in [5.74, 6) is -0.795. The number of benzene rings is 2. The van der Waals surface area contributed by atoms with E-state index >= 15 is 0 Å². The first-order chi connectivity index (χ1) is 17.5. The summed E-state index contributed by atoms with van der Waals surface area (Å²) < 4.78 is 16.5. The summed E-state index contributed by atoms with van der Waals surface area (Å²) in [7, 11) is 1.27. The molecule has 1 aliphatic rings. The van der Waals surface area contributed by atoms with Crippen molar-refractivity contribution >= 4 is 69.1 Å². The first-order valence-electron chi connectivity index (χ1n) is 11.3. The molecule has 1 heterocycles. The molecule has 1 fully saturated rings. The number of nitrogens with zero attached hydrogens (tertiary/aromatic N) is 1. The largest absolute Gasteiger partial charge is 0.490 e. The van der Waals surface area contributed by atoms with Gasteiger partial charge in [0, 0.05) is 5.69 Å². The Kier molecular flexibility index (Phi) is 9.60. The van der Waals surface area contributed by atoms with Crippen molar-refractivity contribution in [2.45, 2.75) is 27.7 Å². The molecule has 3 rings (SSSR count). The highest BCUT2D eigenvalue weighted by atomic mass is 127. The predicted molar refractivity (Wildman–Crippen MR) is 150 cm³/mol. The molecule has 0 aromatic heterocycles. The molecule has 2 aromatic carbocycles. The van der Waals surface area contributed by atoms with Gasteiger partial charge in [-0.3, -0.25) is 19.3 Å². The van der Waals surface area contributed by atoms with Crippen LogP contribution < -0.4 is 14.8 Å². The number of amides is 3. The lowest BCUT2D eigenvalue weighted by molar-refractivity contribution is -0.143. The first kappa shape index (κ1) is 28.5. The average Bonchev–Trinajstić information content (AvgIpc) is 3.08. The summed E-state index contributed by atoms with van der Waals surface area (Å²) in [5.41, 5.74) is 4.15. The number of methoxy groups -OCH3 is 1. The van der Waals surface area contributed by atoms with Crippen LogP contribution in [0.15, 0.2) is 29.2 Å². The number of carbonyl (C=O) groups is 4. The van der Waals surface area contributed by atoms with Crippen molar-refractivity contribution in [2.75, 3.05) is 32.2 Å². The Labute approximate surface area is 233 Å². The normalized spacial score (nSPS) is 14.2. The number of esters is 1. The van der Waals surface area contributed by atoms with Crippen molar-refractivity contribution in [2.24, 2.45) is 0 Å². The zero-order valence-electron chi connectivity index (χ0n) is 21.1. The lowest BCUT2D eigenvalue weighted by Gasteiger charge is -2.16. The second-order valence-corrected chi connectivity index (χ2v) is 10.4. The first-order valence-corrected chi connectivity index (χ1v) is 13.2. The van der Waals surface area contributed by atoms with Crippen LogP contribution in [-0.4, -0.2) is 54.8 Å². The average molecular weight is 638 g/mol. The summed E-state index contributed by atoms with van der Waals surface area (Å²) in [6, 6.07) is 7.30. The Morgan fingerprint density at radius 3 is 2.38 bits per heavy atom. The van der Waals surface area contributed by atoms with Crippen LogP contribution in [0, 0.1) is 24.3 Å². The van der Waals surface area contributed by atoms with Gasteiger partial charge in [0.1, 0.15) is 6.54 Å². The van der Waals surface area contributed by atoms with E-state index in [0.29, 0.717) is 32.9 Å². The molecule has 1 aliphatic heterocycles. The molecule has 196 valence electrons. The number of halogens is 1. The van der Waals surface area contributed by atoms with Crippen molar-refractivity contribution in [1.29, 1.82) is 0 Å². The van der Waals surface area contributed by atoms with Gasteiger partial charge < -0.3 is 19.5 Å². The van der Waals surface area contributed by atoms with E-state index in [2.05, 4.69) is 10.1 Å². The Bertz CT molecular complexity index is 1270. The topological polar surface area (TPSA) is 111 Å². The van der Waals surface area contributed by atoms with E-state index in [9.17, 15) is 19.2 Å². The molecule has 0 unspecified atom stereocenters. The number of aryl methyl sites for hydroxylation is 3. The molecule has 9 nitrogen and oxygen atoms in total. The monoisotopic (exact) mass is 638 g/mol. The molecule has 1 saturated heterocycles. The minimum Gasteiger partial charge on any atom is -0.490 e. The Hall–Kier alpha value is -3.06. The second kappa shape index (κ2) is 12.5. The summed E-state index contributed by atoms with van der Waals surface area (Å²) in [6.45, 7) is 7.23. The number of anilines is 1. The molecule has 0 radical (unpaired) electrons. The summed E-state index contributed by atoms with van der Waals surface area (Å²) in [6.07, 6.45) is 1.56. The molecular weight excluding hydrogens is 611 g/mol. The zero-order valence-corrected chi connectivity index (χ0v) is 24.1. The van der Waals surface area contributed by atoms with E-state index < -0.39 is 29.6 Å². The predicted octanol–water partition coefficient (Wildman–Crippen LogP) is 4.84. The highest BCUT2D eigenvalue weighted by Crippen LogP contribution is 2.37. The van der Waals surface area contributed by atoms with Crippen molar-refractivity contribution in [3.05, 3.63) is 55.0 Å².